The zero-order valence-corrected chi connectivity index (χ0v) is 10.1. The molecule has 1 rings (SSSR count). The highest BCUT2D eigenvalue weighted by Crippen LogP contribution is 2.24. The first-order valence-corrected chi connectivity index (χ1v) is 5.63. The van der Waals surface area contributed by atoms with E-state index in [1.807, 2.05) is 12.1 Å². The van der Waals surface area contributed by atoms with Crippen molar-refractivity contribution in [3.63, 3.8) is 0 Å². The average molecular weight is 245 g/mol. The molecule has 1 aromatic rings. The third-order valence-electron chi connectivity index (χ3n) is 2.58. The minimum atomic E-state index is -0.0799. The number of halogens is 1. The molecule has 2 N–H and O–H groups in total. The van der Waals surface area contributed by atoms with Gasteiger partial charge in [-0.1, -0.05) is 11.6 Å². The molecule has 0 fully saturated rings. The van der Waals surface area contributed by atoms with Gasteiger partial charge in [-0.3, -0.25) is 0 Å². The first-order valence-electron chi connectivity index (χ1n) is 5.25. The first-order chi connectivity index (χ1) is 7.71. The number of aryl methyl sites for hydroxylation is 1. The number of aliphatic hydroxyl groups is 2. The SMILES string of the molecule is COc1ccc(Cl)cc1CCC(CO)CO. The molecule has 0 aliphatic rings. The van der Waals surface area contributed by atoms with Crippen molar-refractivity contribution in [1.82, 2.24) is 0 Å². The molecule has 0 aliphatic heterocycles. The minimum absolute atomic E-state index is 0.000614. The lowest BCUT2D eigenvalue weighted by atomic mass is 10.0. The molecule has 4 heteroatoms. The quantitative estimate of drug-likeness (QED) is 0.804. The van der Waals surface area contributed by atoms with Gasteiger partial charge in [-0.15, -0.1) is 0 Å². The summed E-state index contributed by atoms with van der Waals surface area (Å²) in [5, 5.41) is 18.6. The van der Waals surface area contributed by atoms with E-state index in [0.29, 0.717) is 11.4 Å². The molecule has 0 heterocycles. The zero-order valence-electron chi connectivity index (χ0n) is 9.32. The smallest absolute Gasteiger partial charge is 0.122 e. The average Bonchev–Trinajstić information content (AvgIpc) is 2.30. The number of rotatable bonds is 6. The lowest BCUT2D eigenvalue weighted by molar-refractivity contribution is 0.144. The van der Waals surface area contributed by atoms with Gasteiger partial charge in [0.25, 0.3) is 0 Å². The molecule has 0 spiro atoms. The molecule has 0 saturated heterocycles. The number of hydrogen-bond donors (Lipinski definition) is 2. The van der Waals surface area contributed by atoms with Crippen molar-refractivity contribution >= 4 is 11.6 Å². The summed E-state index contributed by atoms with van der Waals surface area (Å²) < 4.78 is 5.22. The Morgan fingerprint density at radius 2 is 2.00 bits per heavy atom. The van der Waals surface area contributed by atoms with Crippen molar-refractivity contribution in [3.8, 4) is 5.75 Å². The van der Waals surface area contributed by atoms with E-state index in [-0.39, 0.29) is 19.1 Å². The van der Waals surface area contributed by atoms with Crippen molar-refractivity contribution in [2.45, 2.75) is 12.8 Å². The van der Waals surface area contributed by atoms with Gasteiger partial charge in [0.05, 0.1) is 7.11 Å². The van der Waals surface area contributed by atoms with Gasteiger partial charge >= 0.3 is 0 Å². The van der Waals surface area contributed by atoms with Gasteiger partial charge in [0.1, 0.15) is 5.75 Å². The van der Waals surface area contributed by atoms with Crippen molar-refractivity contribution in [2.75, 3.05) is 20.3 Å². The summed E-state index contributed by atoms with van der Waals surface area (Å²) in [6, 6.07) is 5.45. The van der Waals surface area contributed by atoms with Crippen LogP contribution < -0.4 is 4.74 Å². The van der Waals surface area contributed by atoms with Gasteiger partial charge in [0.15, 0.2) is 0 Å². The Morgan fingerprint density at radius 3 is 2.56 bits per heavy atom. The zero-order chi connectivity index (χ0) is 12.0. The first kappa shape index (κ1) is 13.3. The van der Waals surface area contributed by atoms with E-state index in [4.69, 9.17) is 26.6 Å². The number of hydrogen-bond acceptors (Lipinski definition) is 3. The summed E-state index contributed by atoms with van der Waals surface area (Å²) in [5.41, 5.74) is 1.00. The van der Waals surface area contributed by atoms with E-state index in [0.717, 1.165) is 17.7 Å². The molecule has 90 valence electrons. The van der Waals surface area contributed by atoms with Gasteiger partial charge in [0.2, 0.25) is 0 Å². The second-order valence-corrected chi connectivity index (χ2v) is 4.16. The normalized spacial score (nSPS) is 10.8. The highest BCUT2D eigenvalue weighted by atomic mass is 35.5. The van der Waals surface area contributed by atoms with E-state index in [1.54, 1.807) is 13.2 Å². The van der Waals surface area contributed by atoms with E-state index in [1.165, 1.54) is 0 Å². The topological polar surface area (TPSA) is 49.7 Å². The van der Waals surface area contributed by atoms with Crippen molar-refractivity contribution in [2.24, 2.45) is 5.92 Å². The van der Waals surface area contributed by atoms with Gasteiger partial charge in [-0.05, 0) is 36.6 Å². The Hall–Kier alpha value is -0.770. The van der Waals surface area contributed by atoms with Crippen LogP contribution in [0.2, 0.25) is 5.02 Å². The summed E-state index contributed by atoms with van der Waals surface area (Å²) in [4.78, 5) is 0. The fourth-order valence-electron chi connectivity index (χ4n) is 1.54. The maximum atomic E-state index is 8.97. The predicted molar refractivity (Wildman–Crippen MR) is 64.0 cm³/mol. The second-order valence-electron chi connectivity index (χ2n) is 3.73. The van der Waals surface area contributed by atoms with Crippen LogP contribution in [0.3, 0.4) is 0 Å². The highest BCUT2D eigenvalue weighted by molar-refractivity contribution is 6.30. The van der Waals surface area contributed by atoms with Crippen molar-refractivity contribution in [1.29, 1.82) is 0 Å². The number of aliphatic hydroxyl groups excluding tert-OH is 2. The summed E-state index contributed by atoms with van der Waals surface area (Å²) in [6.45, 7) is -0.00123. The molecule has 0 saturated carbocycles. The lowest BCUT2D eigenvalue weighted by Crippen LogP contribution is -2.12. The van der Waals surface area contributed by atoms with Crippen LogP contribution in [-0.2, 0) is 6.42 Å². The van der Waals surface area contributed by atoms with Gasteiger partial charge in [-0.2, -0.15) is 0 Å². The van der Waals surface area contributed by atoms with Crippen LogP contribution >= 0.6 is 11.6 Å². The van der Waals surface area contributed by atoms with Crippen LogP contribution in [-0.4, -0.2) is 30.5 Å². The minimum Gasteiger partial charge on any atom is -0.496 e. The third kappa shape index (κ3) is 3.67. The molecule has 0 radical (unpaired) electrons. The number of methoxy groups -OCH3 is 1. The van der Waals surface area contributed by atoms with E-state index in [9.17, 15) is 0 Å². The Labute approximate surface area is 101 Å². The molecule has 0 bridgehead atoms. The van der Waals surface area contributed by atoms with Crippen molar-refractivity contribution < 1.29 is 14.9 Å². The standard InChI is InChI=1S/C12H17ClO3/c1-16-12-5-4-11(13)6-10(12)3-2-9(7-14)8-15/h4-6,9,14-15H,2-3,7-8H2,1H3. The second kappa shape index (κ2) is 6.74. The molecule has 1 aromatic carbocycles. The molecular formula is C12H17ClO3. The van der Waals surface area contributed by atoms with Gasteiger partial charge in [-0.25, -0.2) is 0 Å². The molecule has 0 aromatic heterocycles. The molecular weight excluding hydrogens is 228 g/mol. The van der Waals surface area contributed by atoms with Crippen LogP contribution in [0, 0.1) is 5.92 Å². The molecule has 16 heavy (non-hydrogen) atoms. The maximum Gasteiger partial charge on any atom is 0.122 e. The number of benzene rings is 1. The van der Waals surface area contributed by atoms with Gasteiger partial charge < -0.3 is 14.9 Å². The van der Waals surface area contributed by atoms with Gasteiger partial charge in [0, 0.05) is 24.2 Å². The molecule has 0 amide bonds. The molecule has 0 atom stereocenters. The maximum absolute atomic E-state index is 8.97. The van der Waals surface area contributed by atoms with E-state index >= 15 is 0 Å². The van der Waals surface area contributed by atoms with Crippen LogP contribution in [0.15, 0.2) is 18.2 Å². The largest absolute Gasteiger partial charge is 0.496 e. The molecule has 0 unspecified atom stereocenters. The van der Waals surface area contributed by atoms with Crippen LogP contribution in [0.4, 0.5) is 0 Å². The molecule has 0 aliphatic carbocycles. The number of ether oxygens (including phenoxy) is 1. The highest BCUT2D eigenvalue weighted by Gasteiger charge is 2.09. The predicted octanol–water partition coefficient (Wildman–Crippen LogP) is 1.88. The lowest BCUT2D eigenvalue weighted by Gasteiger charge is -2.13. The van der Waals surface area contributed by atoms with Crippen LogP contribution in [0.25, 0.3) is 0 Å². The van der Waals surface area contributed by atoms with Crippen LogP contribution in [0.5, 0.6) is 5.75 Å². The summed E-state index contributed by atoms with van der Waals surface area (Å²) in [7, 11) is 1.61. The van der Waals surface area contributed by atoms with Crippen molar-refractivity contribution in [3.05, 3.63) is 28.8 Å². The van der Waals surface area contributed by atoms with E-state index in [2.05, 4.69) is 0 Å². The Balaban J connectivity index is 2.68. The Kier molecular flexibility index (Phi) is 5.60. The Morgan fingerprint density at radius 1 is 1.31 bits per heavy atom. The van der Waals surface area contributed by atoms with E-state index < -0.39 is 0 Å². The fraction of sp³-hybridized carbons (Fsp3) is 0.500. The summed E-state index contributed by atoms with van der Waals surface area (Å²) >= 11 is 5.90. The Bertz CT molecular complexity index is 324. The monoisotopic (exact) mass is 244 g/mol. The fourth-order valence-corrected chi connectivity index (χ4v) is 1.74. The van der Waals surface area contributed by atoms with Crippen LogP contribution in [0.1, 0.15) is 12.0 Å². The molecule has 3 nitrogen and oxygen atoms in total. The third-order valence-corrected chi connectivity index (χ3v) is 2.82. The summed E-state index contributed by atoms with van der Waals surface area (Å²) in [5.74, 6) is 0.711. The summed E-state index contributed by atoms with van der Waals surface area (Å²) in [6.07, 6.45) is 1.44.